The molecule has 1 N–H and O–H groups in total. The molecule has 2 atom stereocenters. The second-order valence-electron chi connectivity index (χ2n) is 5.90. The highest BCUT2D eigenvalue weighted by molar-refractivity contribution is 5.01. The first-order chi connectivity index (χ1) is 7.11. The predicted octanol–water partition coefficient (Wildman–Crippen LogP) is 3.98. The summed E-state index contributed by atoms with van der Waals surface area (Å²) in [6, 6.07) is 0.779. The van der Waals surface area contributed by atoms with Gasteiger partial charge < -0.3 is 5.32 Å². The fourth-order valence-corrected chi connectivity index (χ4v) is 2.71. The second-order valence-corrected chi connectivity index (χ2v) is 5.90. The minimum absolute atomic E-state index is 0.622. The van der Waals surface area contributed by atoms with Crippen molar-refractivity contribution in [3.63, 3.8) is 0 Å². The summed E-state index contributed by atoms with van der Waals surface area (Å²) in [5.41, 5.74) is 0.622. The zero-order valence-electron chi connectivity index (χ0n) is 11.1. The van der Waals surface area contributed by atoms with E-state index in [9.17, 15) is 0 Å². The van der Waals surface area contributed by atoms with Crippen LogP contribution in [0.3, 0.4) is 0 Å². The molecule has 1 heteroatoms. The molecule has 0 spiro atoms. The molecule has 1 aliphatic rings. The third kappa shape index (κ3) is 4.14. The topological polar surface area (TPSA) is 12.0 Å². The number of unbranched alkanes of at least 4 members (excludes halogenated alkanes) is 4. The van der Waals surface area contributed by atoms with Gasteiger partial charge in [0.2, 0.25) is 0 Å². The van der Waals surface area contributed by atoms with E-state index in [1.165, 1.54) is 44.9 Å². The van der Waals surface area contributed by atoms with Gasteiger partial charge in [-0.05, 0) is 31.2 Å². The Balaban J connectivity index is 2.08. The van der Waals surface area contributed by atoms with Crippen LogP contribution in [0.15, 0.2) is 0 Å². The number of hydrogen-bond donors (Lipinski definition) is 1. The molecule has 15 heavy (non-hydrogen) atoms. The maximum Gasteiger partial charge on any atom is 0.00976 e. The Morgan fingerprint density at radius 2 is 1.80 bits per heavy atom. The van der Waals surface area contributed by atoms with Crippen LogP contribution >= 0.6 is 0 Å². The van der Waals surface area contributed by atoms with Crippen molar-refractivity contribution in [3.8, 4) is 0 Å². The van der Waals surface area contributed by atoms with E-state index in [0.717, 1.165) is 12.0 Å². The van der Waals surface area contributed by atoms with E-state index in [-0.39, 0.29) is 0 Å². The SMILES string of the molecule is CCCCCCCC(NC)C1CC1(C)C. The second kappa shape index (κ2) is 5.89. The molecular weight excluding hydrogens is 182 g/mol. The Morgan fingerprint density at radius 1 is 1.20 bits per heavy atom. The molecule has 0 bridgehead atoms. The maximum absolute atomic E-state index is 3.51. The summed E-state index contributed by atoms with van der Waals surface area (Å²) in [7, 11) is 2.13. The van der Waals surface area contributed by atoms with Crippen LogP contribution in [0.25, 0.3) is 0 Å². The first kappa shape index (κ1) is 13.0. The van der Waals surface area contributed by atoms with Gasteiger partial charge >= 0.3 is 0 Å². The average molecular weight is 211 g/mol. The van der Waals surface area contributed by atoms with E-state index in [1.807, 2.05) is 0 Å². The molecule has 1 rings (SSSR count). The van der Waals surface area contributed by atoms with Crippen LogP contribution in [-0.2, 0) is 0 Å². The highest BCUT2D eigenvalue weighted by Crippen LogP contribution is 2.54. The zero-order valence-corrected chi connectivity index (χ0v) is 11.1. The minimum atomic E-state index is 0.622. The van der Waals surface area contributed by atoms with Gasteiger partial charge in [0, 0.05) is 6.04 Å². The third-order valence-corrected chi connectivity index (χ3v) is 4.06. The van der Waals surface area contributed by atoms with Gasteiger partial charge in [0.25, 0.3) is 0 Å². The Labute approximate surface area is 96.0 Å². The highest BCUT2D eigenvalue weighted by Gasteiger charge is 2.49. The van der Waals surface area contributed by atoms with Crippen LogP contribution in [0.5, 0.6) is 0 Å². The molecule has 90 valence electrons. The monoisotopic (exact) mass is 211 g/mol. The Kier molecular flexibility index (Phi) is 5.11. The fourth-order valence-electron chi connectivity index (χ4n) is 2.71. The Bertz CT molecular complexity index is 174. The Morgan fingerprint density at radius 3 is 2.27 bits per heavy atom. The number of rotatable bonds is 8. The van der Waals surface area contributed by atoms with Crippen LogP contribution in [0, 0.1) is 11.3 Å². The van der Waals surface area contributed by atoms with Gasteiger partial charge in [-0.3, -0.25) is 0 Å². The van der Waals surface area contributed by atoms with Gasteiger partial charge in [-0.25, -0.2) is 0 Å². The van der Waals surface area contributed by atoms with E-state index in [4.69, 9.17) is 0 Å². The van der Waals surface area contributed by atoms with Crippen molar-refractivity contribution >= 4 is 0 Å². The average Bonchev–Trinajstić information content (AvgIpc) is 2.81. The predicted molar refractivity (Wildman–Crippen MR) is 68.1 cm³/mol. The molecular formula is C14H29N. The van der Waals surface area contributed by atoms with Crippen LogP contribution in [0.2, 0.25) is 0 Å². The van der Waals surface area contributed by atoms with Crippen LogP contribution in [-0.4, -0.2) is 13.1 Å². The van der Waals surface area contributed by atoms with E-state index >= 15 is 0 Å². The lowest BCUT2D eigenvalue weighted by atomic mass is 9.98. The molecule has 1 saturated carbocycles. The summed E-state index contributed by atoms with van der Waals surface area (Å²) in [5.74, 6) is 0.939. The van der Waals surface area contributed by atoms with Crippen LogP contribution < -0.4 is 5.32 Å². The van der Waals surface area contributed by atoms with E-state index in [1.54, 1.807) is 0 Å². The van der Waals surface area contributed by atoms with Crippen molar-refractivity contribution in [1.29, 1.82) is 0 Å². The normalized spacial score (nSPS) is 25.2. The lowest BCUT2D eigenvalue weighted by Gasteiger charge is -2.17. The van der Waals surface area contributed by atoms with Crippen molar-refractivity contribution in [2.45, 2.75) is 71.8 Å². The Hall–Kier alpha value is -0.0400. The quantitative estimate of drug-likeness (QED) is 0.599. The van der Waals surface area contributed by atoms with Crippen molar-refractivity contribution in [2.24, 2.45) is 11.3 Å². The standard InChI is InChI=1S/C14H29N/c1-5-6-7-8-9-10-13(15-4)12-11-14(12,2)3/h12-13,15H,5-11H2,1-4H3. The summed E-state index contributed by atoms with van der Waals surface area (Å²) < 4.78 is 0. The van der Waals surface area contributed by atoms with Crippen molar-refractivity contribution in [2.75, 3.05) is 7.05 Å². The van der Waals surface area contributed by atoms with Crippen LogP contribution in [0.1, 0.15) is 65.7 Å². The third-order valence-electron chi connectivity index (χ3n) is 4.06. The molecule has 0 aromatic carbocycles. The summed E-state index contributed by atoms with van der Waals surface area (Å²) in [4.78, 5) is 0. The molecule has 0 aliphatic heterocycles. The minimum Gasteiger partial charge on any atom is -0.317 e. The maximum atomic E-state index is 3.51. The van der Waals surface area contributed by atoms with Crippen LogP contribution in [0.4, 0.5) is 0 Å². The van der Waals surface area contributed by atoms with Gasteiger partial charge in [0.1, 0.15) is 0 Å². The summed E-state index contributed by atoms with van der Waals surface area (Å²) in [5, 5.41) is 3.51. The fraction of sp³-hybridized carbons (Fsp3) is 1.00. The van der Waals surface area contributed by atoms with Gasteiger partial charge in [0.05, 0.1) is 0 Å². The number of nitrogens with one attached hydrogen (secondary N) is 1. The first-order valence-corrected chi connectivity index (χ1v) is 6.79. The van der Waals surface area contributed by atoms with Crippen molar-refractivity contribution in [1.82, 2.24) is 5.32 Å². The van der Waals surface area contributed by atoms with E-state index < -0.39 is 0 Å². The van der Waals surface area contributed by atoms with E-state index in [0.29, 0.717) is 5.41 Å². The highest BCUT2D eigenvalue weighted by atomic mass is 14.9. The summed E-state index contributed by atoms with van der Waals surface area (Å²) >= 11 is 0. The molecule has 0 amide bonds. The largest absolute Gasteiger partial charge is 0.317 e. The lowest BCUT2D eigenvalue weighted by molar-refractivity contribution is 0.392. The molecule has 0 aromatic rings. The molecule has 1 fully saturated rings. The van der Waals surface area contributed by atoms with Crippen molar-refractivity contribution in [3.05, 3.63) is 0 Å². The molecule has 0 radical (unpaired) electrons. The first-order valence-electron chi connectivity index (χ1n) is 6.79. The van der Waals surface area contributed by atoms with E-state index in [2.05, 4.69) is 33.1 Å². The smallest absolute Gasteiger partial charge is 0.00976 e. The van der Waals surface area contributed by atoms with Gasteiger partial charge in [-0.1, -0.05) is 52.9 Å². The van der Waals surface area contributed by atoms with Crippen molar-refractivity contribution < 1.29 is 0 Å². The lowest BCUT2D eigenvalue weighted by Crippen LogP contribution is -2.29. The number of hydrogen-bond acceptors (Lipinski definition) is 1. The van der Waals surface area contributed by atoms with Gasteiger partial charge in [0.15, 0.2) is 0 Å². The molecule has 0 heterocycles. The van der Waals surface area contributed by atoms with Gasteiger partial charge in [-0.2, -0.15) is 0 Å². The summed E-state index contributed by atoms with van der Waals surface area (Å²) in [6.07, 6.45) is 9.85. The summed E-state index contributed by atoms with van der Waals surface area (Å²) in [6.45, 7) is 7.08. The molecule has 0 saturated heterocycles. The molecule has 1 aliphatic carbocycles. The zero-order chi connectivity index (χ0) is 11.3. The molecule has 1 nitrogen and oxygen atoms in total. The van der Waals surface area contributed by atoms with Gasteiger partial charge in [-0.15, -0.1) is 0 Å². The molecule has 0 aromatic heterocycles. The molecule has 2 unspecified atom stereocenters.